The minimum atomic E-state index is 0.149. The first-order valence-corrected chi connectivity index (χ1v) is 9.18. The Labute approximate surface area is 158 Å². The molecule has 1 aromatic carbocycles. The van der Waals surface area contributed by atoms with Gasteiger partial charge >= 0.3 is 0 Å². The van der Waals surface area contributed by atoms with Crippen LogP contribution in [0, 0.1) is 11.3 Å². The van der Waals surface area contributed by atoms with Crippen molar-refractivity contribution in [2.75, 3.05) is 0 Å². The highest BCUT2D eigenvalue weighted by atomic mass is 32.1. The molecule has 127 valence electrons. The summed E-state index contributed by atoms with van der Waals surface area (Å²) >= 11 is 10.3. The summed E-state index contributed by atoms with van der Waals surface area (Å²) in [6.45, 7) is 13.3. The molecule has 0 saturated heterocycles. The third kappa shape index (κ3) is 4.49. The molecule has 0 spiro atoms. The molecular weight excluding hydrogens is 328 g/mol. The van der Waals surface area contributed by atoms with Crippen molar-refractivity contribution in [2.24, 2.45) is 5.41 Å². The monoisotopic (exact) mass is 355 g/mol. The van der Waals surface area contributed by atoms with Gasteiger partial charge in [0.05, 0.1) is 4.86 Å². The van der Waals surface area contributed by atoms with E-state index in [9.17, 15) is 0 Å². The van der Waals surface area contributed by atoms with E-state index in [1.165, 1.54) is 11.5 Å². The standard InChI is InChI=1S/C22H27S2/c1-21(2,3)17-11-7-15(8-12-17)19(23)20(24)16-9-13-18(14-10-16)22(4,5)6/h7-14,23H,1-6H3. The molecule has 0 N–H and O–H groups in total. The summed E-state index contributed by atoms with van der Waals surface area (Å²) in [6.07, 6.45) is 8.55. The van der Waals surface area contributed by atoms with E-state index in [1.807, 2.05) is 0 Å². The quantitative estimate of drug-likeness (QED) is 0.269. The van der Waals surface area contributed by atoms with E-state index in [-0.39, 0.29) is 10.8 Å². The lowest BCUT2D eigenvalue weighted by Gasteiger charge is -2.26. The van der Waals surface area contributed by atoms with Crippen molar-refractivity contribution >= 4 is 29.7 Å². The van der Waals surface area contributed by atoms with Crippen LogP contribution in [0.15, 0.2) is 59.0 Å². The van der Waals surface area contributed by atoms with Gasteiger partial charge in [0.1, 0.15) is 0 Å². The van der Waals surface area contributed by atoms with E-state index in [2.05, 4.69) is 90.1 Å². The molecule has 1 radical (unpaired) electrons. The van der Waals surface area contributed by atoms with Crippen molar-refractivity contribution in [2.45, 2.75) is 47.0 Å². The molecule has 0 saturated carbocycles. The Morgan fingerprint density at radius 3 is 1.71 bits per heavy atom. The number of allylic oxidation sites excluding steroid dienone is 6. The van der Waals surface area contributed by atoms with Gasteiger partial charge in [0.15, 0.2) is 0 Å². The molecule has 0 aliphatic heterocycles. The van der Waals surface area contributed by atoms with Crippen LogP contribution in [0.5, 0.6) is 0 Å². The molecule has 0 heterocycles. The van der Waals surface area contributed by atoms with Crippen LogP contribution in [0.2, 0.25) is 0 Å². The number of rotatable bonds is 2. The Hall–Kier alpha value is -1.12. The van der Waals surface area contributed by atoms with Gasteiger partial charge in [0.2, 0.25) is 0 Å². The summed E-state index contributed by atoms with van der Waals surface area (Å²) in [7, 11) is 0. The Balaban J connectivity index is 2.23. The molecular formula is C22H27S2. The lowest BCUT2D eigenvalue weighted by molar-refractivity contribution is 0.473. The van der Waals surface area contributed by atoms with Gasteiger partial charge in [0, 0.05) is 10.8 Å². The summed E-state index contributed by atoms with van der Waals surface area (Å²) in [5, 5.41) is 0. The van der Waals surface area contributed by atoms with Gasteiger partial charge < -0.3 is 0 Å². The van der Waals surface area contributed by atoms with Crippen molar-refractivity contribution in [3.05, 3.63) is 76.1 Å². The highest BCUT2D eigenvalue weighted by molar-refractivity contribution is 7.90. The minimum Gasteiger partial charge on any atom is -0.141 e. The van der Waals surface area contributed by atoms with E-state index in [0.717, 1.165) is 20.9 Å². The molecule has 0 amide bonds. The van der Waals surface area contributed by atoms with Crippen LogP contribution in [0.1, 0.15) is 52.7 Å². The zero-order valence-corrected chi connectivity index (χ0v) is 17.2. The smallest absolute Gasteiger partial charge is 0.0588 e. The molecule has 0 atom stereocenters. The Bertz CT molecular complexity index is 686. The lowest BCUT2D eigenvalue weighted by Crippen LogP contribution is -2.15. The predicted octanol–water partition coefficient (Wildman–Crippen LogP) is 6.63. The van der Waals surface area contributed by atoms with Crippen molar-refractivity contribution < 1.29 is 0 Å². The maximum atomic E-state index is 5.65. The molecule has 0 bridgehead atoms. The van der Waals surface area contributed by atoms with Crippen LogP contribution < -0.4 is 0 Å². The van der Waals surface area contributed by atoms with Gasteiger partial charge in [0.25, 0.3) is 0 Å². The van der Waals surface area contributed by atoms with E-state index >= 15 is 0 Å². The van der Waals surface area contributed by atoms with Gasteiger partial charge in [-0.05, 0) is 27.5 Å². The normalized spacial score (nSPS) is 15.7. The Kier molecular flexibility index (Phi) is 5.61. The molecule has 0 nitrogen and oxygen atoms in total. The first kappa shape index (κ1) is 19.2. The SMILES string of the molecule is CC(C)(C)[C]1C=CC(=C(S)C(=S)c2ccc(C(C)(C)C)cc2)C=C1. The zero-order chi connectivity index (χ0) is 18.1. The summed E-state index contributed by atoms with van der Waals surface area (Å²) < 4.78 is 0. The van der Waals surface area contributed by atoms with Crippen molar-refractivity contribution in [1.29, 1.82) is 0 Å². The number of thiocarbonyl (C=S) groups is 1. The largest absolute Gasteiger partial charge is 0.141 e. The predicted molar refractivity (Wildman–Crippen MR) is 114 cm³/mol. The summed E-state index contributed by atoms with van der Waals surface area (Å²) in [6, 6.07) is 8.52. The van der Waals surface area contributed by atoms with Gasteiger partial charge in [-0.15, -0.1) is 12.6 Å². The van der Waals surface area contributed by atoms with Crippen molar-refractivity contribution in [1.82, 2.24) is 0 Å². The Morgan fingerprint density at radius 2 is 1.29 bits per heavy atom. The highest BCUT2D eigenvalue weighted by Gasteiger charge is 2.22. The van der Waals surface area contributed by atoms with Crippen LogP contribution in [-0.4, -0.2) is 4.86 Å². The number of thiol groups is 1. The molecule has 1 aromatic rings. The zero-order valence-electron chi connectivity index (χ0n) is 15.5. The fourth-order valence-electron chi connectivity index (χ4n) is 2.52. The topological polar surface area (TPSA) is 0 Å². The Morgan fingerprint density at radius 1 is 0.792 bits per heavy atom. The average molecular weight is 356 g/mol. The van der Waals surface area contributed by atoms with Crippen molar-refractivity contribution in [3.63, 3.8) is 0 Å². The molecule has 2 rings (SSSR count). The minimum absolute atomic E-state index is 0.149. The summed E-state index contributed by atoms with van der Waals surface area (Å²) in [5.41, 5.74) is 3.72. The van der Waals surface area contributed by atoms with E-state index in [4.69, 9.17) is 24.8 Å². The molecule has 2 heteroatoms. The molecule has 1 aliphatic rings. The lowest BCUT2D eigenvalue weighted by atomic mass is 9.78. The second-order valence-corrected chi connectivity index (χ2v) is 9.19. The van der Waals surface area contributed by atoms with E-state index < -0.39 is 0 Å². The van der Waals surface area contributed by atoms with Crippen LogP contribution >= 0.6 is 24.8 Å². The van der Waals surface area contributed by atoms with E-state index in [0.29, 0.717) is 0 Å². The second-order valence-electron chi connectivity index (χ2n) is 8.33. The first-order valence-electron chi connectivity index (χ1n) is 8.32. The molecule has 1 aliphatic carbocycles. The summed E-state index contributed by atoms with van der Waals surface area (Å²) in [4.78, 5) is 1.65. The highest BCUT2D eigenvalue weighted by Crippen LogP contribution is 2.34. The fourth-order valence-corrected chi connectivity index (χ4v) is 3.05. The van der Waals surface area contributed by atoms with Crippen LogP contribution in [-0.2, 0) is 5.41 Å². The van der Waals surface area contributed by atoms with Gasteiger partial charge in [-0.25, -0.2) is 0 Å². The van der Waals surface area contributed by atoms with Crippen molar-refractivity contribution in [3.8, 4) is 0 Å². The third-order valence-corrected chi connectivity index (χ3v) is 5.33. The molecule has 0 unspecified atom stereocenters. The maximum Gasteiger partial charge on any atom is 0.0588 e. The third-order valence-electron chi connectivity index (χ3n) is 4.25. The molecule has 0 fully saturated rings. The number of hydrogen-bond donors (Lipinski definition) is 1. The second kappa shape index (κ2) is 7.01. The molecule has 24 heavy (non-hydrogen) atoms. The summed E-state index contributed by atoms with van der Waals surface area (Å²) in [5.74, 6) is 1.31. The van der Waals surface area contributed by atoms with Crippen LogP contribution in [0.25, 0.3) is 0 Å². The van der Waals surface area contributed by atoms with Gasteiger partial charge in [-0.2, -0.15) is 0 Å². The fraction of sp³-hybridized carbons (Fsp3) is 0.364. The van der Waals surface area contributed by atoms with E-state index in [1.54, 1.807) is 0 Å². The van der Waals surface area contributed by atoms with Gasteiger partial charge in [-0.1, -0.05) is 102 Å². The average Bonchev–Trinajstić information content (AvgIpc) is 2.52. The van der Waals surface area contributed by atoms with Crippen LogP contribution in [0.4, 0.5) is 0 Å². The van der Waals surface area contributed by atoms with Crippen LogP contribution in [0.3, 0.4) is 0 Å². The molecule has 0 aromatic heterocycles. The number of hydrogen-bond acceptors (Lipinski definition) is 2. The maximum absolute atomic E-state index is 5.65. The van der Waals surface area contributed by atoms with Gasteiger partial charge in [-0.3, -0.25) is 0 Å². The number of benzene rings is 1. The first-order chi connectivity index (χ1) is 11.0.